The van der Waals surface area contributed by atoms with Crippen LogP contribution in [0.3, 0.4) is 0 Å². The SMILES string of the molecule is CC/C=C/CCCCCCCCCCCOCCC#N. The van der Waals surface area contributed by atoms with Gasteiger partial charge in [0.2, 0.25) is 0 Å². The lowest BCUT2D eigenvalue weighted by Crippen LogP contribution is -1.95. The summed E-state index contributed by atoms with van der Waals surface area (Å²) in [4.78, 5) is 0. The minimum atomic E-state index is 0.522. The van der Waals surface area contributed by atoms with E-state index in [1.54, 1.807) is 0 Å². The van der Waals surface area contributed by atoms with E-state index in [9.17, 15) is 0 Å². The topological polar surface area (TPSA) is 33.0 Å². The Morgan fingerprint density at radius 2 is 1.40 bits per heavy atom. The van der Waals surface area contributed by atoms with E-state index in [-0.39, 0.29) is 0 Å². The molecule has 0 saturated carbocycles. The Balaban J connectivity index is 2.96. The molecule has 0 saturated heterocycles. The molecule has 0 heterocycles. The molecule has 0 aromatic heterocycles. The Morgan fingerprint density at radius 3 is 2.00 bits per heavy atom. The van der Waals surface area contributed by atoms with Gasteiger partial charge in [-0.3, -0.25) is 0 Å². The maximum absolute atomic E-state index is 8.35. The fraction of sp³-hybridized carbons (Fsp3) is 0.833. The minimum Gasteiger partial charge on any atom is -0.380 e. The molecule has 0 aliphatic heterocycles. The van der Waals surface area contributed by atoms with E-state index < -0.39 is 0 Å². The van der Waals surface area contributed by atoms with Crippen molar-refractivity contribution in [2.45, 2.75) is 84.0 Å². The number of allylic oxidation sites excluding steroid dienone is 2. The first-order valence-corrected chi connectivity index (χ1v) is 8.51. The molecule has 20 heavy (non-hydrogen) atoms. The van der Waals surface area contributed by atoms with Gasteiger partial charge < -0.3 is 4.74 Å². The molecular formula is C18H33NO. The summed E-state index contributed by atoms with van der Waals surface area (Å²) in [5.41, 5.74) is 0. The average molecular weight is 279 g/mol. The van der Waals surface area contributed by atoms with Crippen molar-refractivity contribution in [3.05, 3.63) is 12.2 Å². The number of nitrogens with zero attached hydrogens (tertiary/aromatic N) is 1. The quantitative estimate of drug-likeness (QED) is 0.281. The molecule has 2 heteroatoms. The molecule has 116 valence electrons. The van der Waals surface area contributed by atoms with Gasteiger partial charge in [0.05, 0.1) is 19.1 Å². The Labute approximate surface area is 126 Å². The van der Waals surface area contributed by atoms with Gasteiger partial charge in [-0.1, -0.05) is 64.0 Å². The molecule has 0 spiro atoms. The van der Waals surface area contributed by atoms with E-state index >= 15 is 0 Å². The van der Waals surface area contributed by atoms with Crippen molar-refractivity contribution >= 4 is 0 Å². The van der Waals surface area contributed by atoms with Crippen LogP contribution in [0.15, 0.2) is 12.2 Å². The summed E-state index contributed by atoms with van der Waals surface area (Å²) in [6.45, 7) is 3.62. The first-order chi connectivity index (χ1) is 9.91. The second kappa shape index (κ2) is 18.2. The Morgan fingerprint density at radius 1 is 0.800 bits per heavy atom. The highest BCUT2D eigenvalue weighted by Crippen LogP contribution is 2.10. The van der Waals surface area contributed by atoms with Crippen LogP contribution in [-0.4, -0.2) is 13.2 Å². The third-order valence-electron chi connectivity index (χ3n) is 3.42. The van der Waals surface area contributed by atoms with Crippen molar-refractivity contribution in [2.24, 2.45) is 0 Å². The van der Waals surface area contributed by atoms with Crippen molar-refractivity contribution < 1.29 is 4.74 Å². The zero-order chi connectivity index (χ0) is 14.7. The Hall–Kier alpha value is -0.810. The predicted molar refractivity (Wildman–Crippen MR) is 86.7 cm³/mol. The van der Waals surface area contributed by atoms with Gasteiger partial charge in [-0.25, -0.2) is 0 Å². The first kappa shape index (κ1) is 19.2. The lowest BCUT2D eigenvalue weighted by Gasteiger charge is -2.03. The highest BCUT2D eigenvalue weighted by atomic mass is 16.5. The van der Waals surface area contributed by atoms with Gasteiger partial charge in [-0.15, -0.1) is 0 Å². The zero-order valence-electron chi connectivity index (χ0n) is 13.4. The van der Waals surface area contributed by atoms with E-state index in [1.807, 2.05) is 0 Å². The summed E-state index contributed by atoms with van der Waals surface area (Å²) >= 11 is 0. The normalized spacial score (nSPS) is 11.0. The van der Waals surface area contributed by atoms with Gasteiger partial charge in [0.15, 0.2) is 0 Å². The number of rotatable bonds is 15. The Kier molecular flexibility index (Phi) is 17.5. The Bertz CT molecular complexity index is 242. The molecule has 2 nitrogen and oxygen atoms in total. The van der Waals surface area contributed by atoms with Gasteiger partial charge >= 0.3 is 0 Å². The summed E-state index contributed by atoms with van der Waals surface area (Å²) in [5, 5.41) is 8.35. The number of nitriles is 1. The molecule has 0 aromatic carbocycles. The standard InChI is InChI=1S/C18H33NO/c1-2-3-4-5-6-7-8-9-10-11-12-13-14-17-20-18-15-16-19/h3-4H,2,5-15,17-18H2,1H3/b4-3+. The van der Waals surface area contributed by atoms with Gasteiger partial charge in [-0.2, -0.15) is 5.26 Å². The van der Waals surface area contributed by atoms with Gasteiger partial charge in [-0.05, 0) is 25.7 Å². The lowest BCUT2D eigenvalue weighted by atomic mass is 10.1. The van der Waals surface area contributed by atoms with Crippen LogP contribution in [0.4, 0.5) is 0 Å². The minimum absolute atomic E-state index is 0.522. The fourth-order valence-corrected chi connectivity index (χ4v) is 2.21. The predicted octanol–water partition coefficient (Wildman–Crippen LogP) is 5.78. The van der Waals surface area contributed by atoms with Gasteiger partial charge in [0.1, 0.15) is 0 Å². The molecule has 0 amide bonds. The maximum Gasteiger partial charge on any atom is 0.0645 e. The molecule has 0 aliphatic carbocycles. The lowest BCUT2D eigenvalue weighted by molar-refractivity contribution is 0.135. The number of unbranched alkanes of at least 4 members (excludes halogenated alkanes) is 9. The largest absolute Gasteiger partial charge is 0.380 e. The third-order valence-corrected chi connectivity index (χ3v) is 3.42. The van der Waals surface area contributed by atoms with Crippen LogP contribution in [0.2, 0.25) is 0 Å². The second-order valence-electron chi connectivity index (χ2n) is 5.37. The molecule has 0 aromatic rings. The number of hydrogen-bond acceptors (Lipinski definition) is 2. The van der Waals surface area contributed by atoms with Crippen molar-refractivity contribution in [3.63, 3.8) is 0 Å². The highest BCUT2D eigenvalue weighted by molar-refractivity contribution is 4.79. The summed E-state index contributed by atoms with van der Waals surface area (Å²) in [7, 11) is 0. The maximum atomic E-state index is 8.35. The summed E-state index contributed by atoms with van der Waals surface area (Å²) in [6.07, 6.45) is 19.6. The van der Waals surface area contributed by atoms with E-state index in [1.165, 1.54) is 64.2 Å². The highest BCUT2D eigenvalue weighted by Gasteiger charge is 1.93. The van der Waals surface area contributed by atoms with E-state index in [2.05, 4.69) is 25.1 Å². The van der Waals surface area contributed by atoms with Crippen LogP contribution in [0, 0.1) is 11.3 Å². The monoisotopic (exact) mass is 279 g/mol. The summed E-state index contributed by atoms with van der Waals surface area (Å²) < 4.78 is 5.35. The van der Waals surface area contributed by atoms with Crippen LogP contribution in [0.25, 0.3) is 0 Å². The van der Waals surface area contributed by atoms with E-state index in [4.69, 9.17) is 10.00 Å². The smallest absolute Gasteiger partial charge is 0.0645 e. The van der Waals surface area contributed by atoms with Crippen LogP contribution in [-0.2, 0) is 4.74 Å². The van der Waals surface area contributed by atoms with Crippen LogP contribution in [0.1, 0.15) is 84.0 Å². The summed E-state index contributed by atoms with van der Waals surface area (Å²) in [6, 6.07) is 2.09. The van der Waals surface area contributed by atoms with Crippen LogP contribution < -0.4 is 0 Å². The number of ether oxygens (including phenoxy) is 1. The van der Waals surface area contributed by atoms with Crippen LogP contribution in [0.5, 0.6) is 0 Å². The first-order valence-electron chi connectivity index (χ1n) is 8.51. The number of hydrogen-bond donors (Lipinski definition) is 0. The molecule has 0 unspecified atom stereocenters. The molecule has 0 N–H and O–H groups in total. The van der Waals surface area contributed by atoms with Gasteiger partial charge in [0, 0.05) is 6.61 Å². The average Bonchev–Trinajstić information content (AvgIpc) is 2.47. The van der Waals surface area contributed by atoms with E-state index in [0.717, 1.165) is 13.0 Å². The molecule has 0 rings (SSSR count). The van der Waals surface area contributed by atoms with Crippen molar-refractivity contribution in [2.75, 3.05) is 13.2 Å². The molecule has 0 radical (unpaired) electrons. The van der Waals surface area contributed by atoms with E-state index in [0.29, 0.717) is 13.0 Å². The molecule has 0 atom stereocenters. The second-order valence-corrected chi connectivity index (χ2v) is 5.37. The van der Waals surface area contributed by atoms with Crippen molar-refractivity contribution in [1.29, 1.82) is 5.26 Å². The van der Waals surface area contributed by atoms with Gasteiger partial charge in [0.25, 0.3) is 0 Å². The molecular weight excluding hydrogens is 246 g/mol. The van der Waals surface area contributed by atoms with Crippen molar-refractivity contribution in [3.8, 4) is 6.07 Å². The molecule has 0 fully saturated rings. The third kappa shape index (κ3) is 17.2. The molecule has 0 bridgehead atoms. The molecule has 0 aliphatic rings. The fourth-order valence-electron chi connectivity index (χ4n) is 2.21. The summed E-state index contributed by atoms with van der Waals surface area (Å²) in [5.74, 6) is 0. The zero-order valence-corrected chi connectivity index (χ0v) is 13.4. The van der Waals surface area contributed by atoms with Crippen molar-refractivity contribution in [1.82, 2.24) is 0 Å². The van der Waals surface area contributed by atoms with Crippen LogP contribution >= 0.6 is 0 Å².